The van der Waals surface area contributed by atoms with Gasteiger partial charge in [-0.3, -0.25) is 4.57 Å². The van der Waals surface area contributed by atoms with Crippen LogP contribution in [0.25, 0.3) is 76.9 Å². The summed E-state index contributed by atoms with van der Waals surface area (Å²) in [6.07, 6.45) is 0. The summed E-state index contributed by atoms with van der Waals surface area (Å²) < 4.78 is 7.46. The van der Waals surface area contributed by atoms with E-state index in [1.807, 2.05) is 0 Å². The second-order valence-corrected chi connectivity index (χ2v) is 19.1. The summed E-state index contributed by atoms with van der Waals surface area (Å²) in [4.78, 5) is 5.89. The molecular weight excluding hydrogens is 733 g/mol. The van der Waals surface area contributed by atoms with Crippen molar-refractivity contribution in [3.63, 3.8) is 0 Å². The quantitative estimate of drug-likeness (QED) is 0.155. The fourth-order valence-electron chi connectivity index (χ4n) is 10.1. The molecule has 0 spiro atoms. The third-order valence-corrected chi connectivity index (χ3v) is 17.0. The molecule has 5 heteroatoms. The number of nitrogens with zero attached hydrogens (tertiary/aromatic N) is 4. The van der Waals surface area contributed by atoms with E-state index in [0.717, 1.165) is 27.9 Å². The summed E-state index contributed by atoms with van der Waals surface area (Å²) in [6.45, 7) is 2.24. The topological polar surface area (TPSA) is 27.7 Å². The summed E-state index contributed by atoms with van der Waals surface area (Å²) in [5.74, 6) is 0.902. The maximum absolute atomic E-state index is 5.89. The molecule has 0 fully saturated rings. The zero-order chi connectivity index (χ0) is 39.1. The van der Waals surface area contributed by atoms with Crippen LogP contribution in [0.5, 0.6) is 0 Å². The van der Waals surface area contributed by atoms with E-state index in [2.05, 4.69) is 233 Å². The molecule has 0 saturated heterocycles. The Balaban J connectivity index is 1.16. The van der Waals surface area contributed by atoms with Gasteiger partial charge in [0.1, 0.15) is 5.82 Å². The first-order valence-electron chi connectivity index (χ1n) is 20.3. The van der Waals surface area contributed by atoms with Crippen LogP contribution in [0.1, 0.15) is 5.56 Å². The van der Waals surface area contributed by atoms with Crippen molar-refractivity contribution in [1.29, 1.82) is 0 Å². The van der Waals surface area contributed by atoms with Crippen LogP contribution in [0.2, 0.25) is 0 Å². The highest BCUT2D eigenvalue weighted by molar-refractivity contribution is 7.10. The number of para-hydroxylation sites is 4. The van der Waals surface area contributed by atoms with Crippen LogP contribution in [-0.4, -0.2) is 26.6 Å². The maximum Gasteiger partial charge on any atom is 0.276 e. The van der Waals surface area contributed by atoms with Crippen LogP contribution < -0.4 is 15.7 Å². The van der Waals surface area contributed by atoms with E-state index >= 15 is 0 Å². The Hall–Kier alpha value is -7.47. The molecule has 4 nitrogen and oxygen atoms in total. The van der Waals surface area contributed by atoms with Crippen molar-refractivity contribution < 1.29 is 0 Å². The molecule has 278 valence electrons. The molecule has 0 atom stereocenters. The second-order valence-electron chi connectivity index (χ2n) is 15.6. The number of aromatic nitrogens is 4. The first-order chi connectivity index (χ1) is 29.2. The highest BCUT2D eigenvalue weighted by Crippen LogP contribution is 2.38. The predicted molar refractivity (Wildman–Crippen MR) is 250 cm³/mol. The van der Waals surface area contributed by atoms with Crippen molar-refractivity contribution in [3.05, 3.63) is 218 Å². The number of hydrogen-bond donors (Lipinski definition) is 0. The van der Waals surface area contributed by atoms with Crippen molar-refractivity contribution in [2.24, 2.45) is 0 Å². The van der Waals surface area contributed by atoms with E-state index in [1.54, 1.807) is 0 Å². The molecule has 0 amide bonds. The first-order valence-corrected chi connectivity index (χ1v) is 22.3. The summed E-state index contributed by atoms with van der Waals surface area (Å²) >= 11 is 0. The molecule has 0 aliphatic heterocycles. The van der Waals surface area contributed by atoms with Crippen molar-refractivity contribution in [1.82, 2.24) is 18.4 Å². The molecule has 0 saturated carbocycles. The molecule has 0 bridgehead atoms. The van der Waals surface area contributed by atoms with Crippen LogP contribution in [0.3, 0.4) is 0 Å². The number of aryl methyl sites for hydroxylation is 1. The molecule has 12 rings (SSSR count). The Bertz CT molecular complexity index is 3480. The molecule has 4 aromatic heterocycles. The maximum atomic E-state index is 5.89. The number of hydrogen-bond acceptors (Lipinski definition) is 1. The summed E-state index contributed by atoms with van der Waals surface area (Å²) in [7, 11) is -3.19. The van der Waals surface area contributed by atoms with Gasteiger partial charge in [0.05, 0.1) is 27.4 Å². The van der Waals surface area contributed by atoms with Crippen LogP contribution in [-0.2, 0) is 0 Å². The van der Waals surface area contributed by atoms with Crippen molar-refractivity contribution in [3.8, 4) is 11.5 Å². The molecule has 8 aromatic carbocycles. The molecule has 4 heterocycles. The van der Waals surface area contributed by atoms with Crippen LogP contribution in [0.15, 0.2) is 212 Å². The van der Waals surface area contributed by atoms with Crippen molar-refractivity contribution >= 4 is 89.3 Å². The Morgan fingerprint density at radius 2 is 0.864 bits per heavy atom. The van der Waals surface area contributed by atoms with Gasteiger partial charge in [-0.15, -0.1) is 0 Å². The minimum Gasteiger partial charge on any atom is -0.354 e. The Labute approximate surface area is 342 Å². The molecule has 0 radical (unpaired) electrons. The average Bonchev–Trinajstić information content (AvgIpc) is 3.94. The van der Waals surface area contributed by atoms with Gasteiger partial charge < -0.3 is 8.80 Å². The Kier molecular flexibility index (Phi) is 7.43. The van der Waals surface area contributed by atoms with E-state index in [4.69, 9.17) is 4.98 Å². The molecule has 0 aliphatic rings. The lowest BCUT2D eigenvalue weighted by molar-refractivity contribution is 1.09. The molecule has 0 aliphatic carbocycles. The Morgan fingerprint density at radius 1 is 0.373 bits per heavy atom. The minimum atomic E-state index is -3.19. The largest absolute Gasteiger partial charge is 0.354 e. The highest BCUT2D eigenvalue weighted by atomic mass is 28.3. The van der Waals surface area contributed by atoms with Gasteiger partial charge >= 0.3 is 0 Å². The molecule has 12 aromatic rings. The second kappa shape index (κ2) is 13.0. The van der Waals surface area contributed by atoms with Gasteiger partial charge in [-0.2, -0.15) is 0 Å². The summed E-state index contributed by atoms with van der Waals surface area (Å²) in [5, 5.41) is 11.1. The van der Waals surface area contributed by atoms with Crippen LogP contribution >= 0.6 is 0 Å². The minimum absolute atomic E-state index is 0.902. The Morgan fingerprint density at radius 3 is 1.51 bits per heavy atom. The number of benzene rings is 8. The average molecular weight is 771 g/mol. The van der Waals surface area contributed by atoms with Gasteiger partial charge in [0, 0.05) is 49.0 Å². The lowest BCUT2D eigenvalue weighted by Gasteiger charge is -2.35. The zero-order valence-corrected chi connectivity index (χ0v) is 33.5. The van der Waals surface area contributed by atoms with Crippen LogP contribution in [0, 0.1) is 6.92 Å². The highest BCUT2D eigenvalue weighted by Gasteiger charge is 2.46. The fraction of sp³-hybridized carbons (Fsp3) is 0.0185. The van der Waals surface area contributed by atoms with E-state index in [9.17, 15) is 0 Å². The normalized spacial score (nSPS) is 12.2. The van der Waals surface area contributed by atoms with E-state index in [-0.39, 0.29) is 0 Å². The van der Waals surface area contributed by atoms with E-state index in [0.29, 0.717) is 0 Å². The van der Waals surface area contributed by atoms with Gasteiger partial charge in [0.25, 0.3) is 8.24 Å². The number of pyridine rings is 1. The molecule has 59 heavy (non-hydrogen) atoms. The van der Waals surface area contributed by atoms with Gasteiger partial charge in [0.2, 0.25) is 0 Å². The van der Waals surface area contributed by atoms with Gasteiger partial charge in [-0.05, 0) is 83.5 Å². The van der Waals surface area contributed by atoms with Crippen molar-refractivity contribution in [2.45, 2.75) is 6.92 Å². The molecule has 0 unspecified atom stereocenters. The predicted octanol–water partition coefficient (Wildman–Crippen LogP) is 11.2. The van der Waals surface area contributed by atoms with Gasteiger partial charge in [-0.25, -0.2) is 4.98 Å². The van der Waals surface area contributed by atoms with Crippen molar-refractivity contribution in [2.75, 3.05) is 0 Å². The third-order valence-electron chi connectivity index (χ3n) is 12.5. The van der Waals surface area contributed by atoms with Gasteiger partial charge in [-0.1, -0.05) is 152 Å². The third kappa shape index (κ3) is 4.79. The lowest BCUT2D eigenvalue weighted by Crippen LogP contribution is -2.73. The molecular formula is C54H38N4Si. The molecule has 0 N–H and O–H groups in total. The fourth-order valence-corrected chi connectivity index (χ4v) is 14.8. The van der Waals surface area contributed by atoms with E-state index < -0.39 is 8.24 Å². The lowest BCUT2D eigenvalue weighted by atomic mass is 10.1. The van der Waals surface area contributed by atoms with Gasteiger partial charge in [0.15, 0.2) is 0 Å². The smallest absolute Gasteiger partial charge is 0.276 e. The number of rotatable bonds is 6. The monoisotopic (exact) mass is 770 g/mol. The standard InChI is InChI=1S/C54H38N4Si/c1-37-18-16-31-51-54(37)44-26-11-15-30-50(44)58(51)59(39-19-4-2-5-20-39,40-21-6-3-7-22-40)53-33-17-32-52(55-53)57-48-29-14-10-25-43(48)45-36-38(34-35-49(45)57)56-46-27-12-8-23-41(46)42-24-9-13-28-47(42)56/h2-36H,1H3. The first kappa shape index (κ1) is 33.6. The van der Waals surface area contributed by atoms with E-state index in [1.165, 1.54) is 70.3 Å². The zero-order valence-electron chi connectivity index (χ0n) is 32.5. The summed E-state index contributed by atoms with van der Waals surface area (Å²) in [5.41, 5.74) is 9.52. The van der Waals surface area contributed by atoms with Crippen LogP contribution in [0.4, 0.5) is 0 Å². The number of fused-ring (bicyclic) bond motifs is 9. The SMILES string of the molecule is Cc1cccc2c1c1ccccc1n2[Si](c1ccccc1)(c1ccccc1)c1cccc(-n2c3ccccc3c3cc(-n4c5ccccc5c5ccccc54)ccc32)n1. The summed E-state index contributed by atoms with van der Waals surface area (Å²) in [6, 6.07) is 77.8.